The van der Waals surface area contributed by atoms with E-state index in [1.54, 1.807) is 30.3 Å². The number of amides is 6. The van der Waals surface area contributed by atoms with Crippen LogP contribution in [0.2, 0.25) is 0 Å². The van der Waals surface area contributed by atoms with Crippen LogP contribution in [-0.4, -0.2) is 107 Å². The van der Waals surface area contributed by atoms with Gasteiger partial charge in [-0.1, -0.05) is 51.9 Å². The molecule has 2 rings (SSSR count). The number of hydrogen-bond acceptors (Lipinski definition) is 10. The summed E-state index contributed by atoms with van der Waals surface area (Å²) in [5, 5.41) is 18.3. The van der Waals surface area contributed by atoms with E-state index in [2.05, 4.69) is 26.3 Å². The number of carbonyl (C=O) groups excluding carboxylic acids is 6. The summed E-state index contributed by atoms with van der Waals surface area (Å²) in [6, 6.07) is 3.25. The van der Waals surface area contributed by atoms with Gasteiger partial charge in [0.25, 0.3) is 0 Å². The number of nitrogens with zero attached hydrogens (tertiary/aromatic N) is 2. The summed E-state index contributed by atoms with van der Waals surface area (Å²) in [7, 11) is 3.55. The maximum absolute atomic E-state index is 13.7. The number of hydrogen-bond donors (Lipinski definition) is 8. The van der Waals surface area contributed by atoms with Gasteiger partial charge in [0.2, 0.25) is 35.4 Å². The zero-order chi connectivity index (χ0) is 34.4. The van der Waals surface area contributed by atoms with E-state index in [0.717, 1.165) is 26.5 Å². The van der Waals surface area contributed by atoms with Crippen LogP contribution in [-0.2, 0) is 33.6 Å². The summed E-state index contributed by atoms with van der Waals surface area (Å²) >= 11 is 0. The molecule has 19 heteroatoms. The minimum Gasteiger partial charge on any atom is -0.481 e. The minimum atomic E-state index is -1.63. The lowest BCUT2D eigenvalue weighted by molar-refractivity contribution is -0.142. The minimum absolute atomic E-state index is 0.0276. The van der Waals surface area contributed by atoms with E-state index in [1.165, 1.54) is 14.0 Å². The monoisotopic (exact) mass is 681 g/mol. The van der Waals surface area contributed by atoms with Crippen molar-refractivity contribution in [2.45, 2.75) is 55.6 Å². The van der Waals surface area contributed by atoms with Gasteiger partial charge in [0.1, 0.15) is 24.2 Å². The number of nitrogens with one attached hydrogen (secondary N) is 4. The number of guanidine groups is 1. The Morgan fingerprint density at radius 1 is 1.07 bits per heavy atom. The summed E-state index contributed by atoms with van der Waals surface area (Å²) in [5.74, 6) is -6.32. The van der Waals surface area contributed by atoms with Gasteiger partial charge >= 0.3 is 5.97 Å². The number of carboxylic acid groups (broad SMARTS) is 1. The molecular formula is C27H39N9O8S2. The largest absolute Gasteiger partial charge is 0.481 e. The Balaban J connectivity index is 2.55. The van der Waals surface area contributed by atoms with Crippen LogP contribution in [0.3, 0.4) is 0 Å². The van der Waals surface area contributed by atoms with Gasteiger partial charge < -0.3 is 48.5 Å². The number of primary amides is 1. The molecule has 1 aromatic rings. The van der Waals surface area contributed by atoms with Crippen LogP contribution in [0, 0.1) is 0 Å². The Labute approximate surface area is 273 Å². The number of aliphatic carboxylic acids is 1. The molecule has 252 valence electrons. The second-order valence-electron chi connectivity index (χ2n) is 10.2. The van der Waals surface area contributed by atoms with E-state index in [1.807, 2.05) is 0 Å². The Bertz CT molecular complexity index is 1310. The molecule has 0 saturated carbocycles. The first kappa shape index (κ1) is 37.7. The van der Waals surface area contributed by atoms with Crippen molar-refractivity contribution in [3.63, 3.8) is 0 Å². The normalized spacial score (nSPS) is 23.6. The fraction of sp³-hybridized carbons (Fsp3) is 0.481. The van der Waals surface area contributed by atoms with Crippen molar-refractivity contribution in [1.82, 2.24) is 26.2 Å². The predicted molar refractivity (Wildman–Crippen MR) is 172 cm³/mol. The molecule has 5 atom stereocenters. The zero-order valence-electron chi connectivity index (χ0n) is 25.3. The van der Waals surface area contributed by atoms with Crippen molar-refractivity contribution in [3.05, 3.63) is 35.9 Å². The highest BCUT2D eigenvalue weighted by Crippen LogP contribution is 2.41. The summed E-state index contributed by atoms with van der Waals surface area (Å²) in [6.45, 7) is 0.691. The van der Waals surface area contributed by atoms with E-state index < -0.39 is 83.8 Å². The molecule has 1 aliphatic heterocycles. The van der Waals surface area contributed by atoms with Gasteiger partial charge in [-0.15, -0.1) is 0 Å². The van der Waals surface area contributed by atoms with Crippen LogP contribution < -0.4 is 38.5 Å². The van der Waals surface area contributed by atoms with E-state index in [4.69, 9.17) is 17.2 Å². The summed E-state index contributed by atoms with van der Waals surface area (Å²) < 4.78 is 0. The number of rotatable bonds is 9. The van der Waals surface area contributed by atoms with Crippen molar-refractivity contribution in [1.29, 1.82) is 0 Å². The first-order valence-corrected chi connectivity index (χ1v) is 16.4. The highest BCUT2D eigenvalue weighted by molar-refractivity contribution is 8.76. The van der Waals surface area contributed by atoms with Crippen LogP contribution in [0.4, 0.5) is 0 Å². The van der Waals surface area contributed by atoms with Crippen LogP contribution in [0.5, 0.6) is 0 Å². The predicted octanol–water partition coefficient (Wildman–Crippen LogP) is -2.45. The molecule has 1 fully saturated rings. The first-order valence-electron chi connectivity index (χ1n) is 14.0. The van der Waals surface area contributed by atoms with E-state index in [-0.39, 0.29) is 31.1 Å². The summed E-state index contributed by atoms with van der Waals surface area (Å²) in [4.78, 5) is 94.4. The molecule has 1 aliphatic rings. The average Bonchev–Trinajstić information content (AvgIpc) is 2.98. The van der Waals surface area contributed by atoms with Crippen LogP contribution in [0.15, 0.2) is 35.3 Å². The number of carbonyl (C=O) groups is 7. The lowest BCUT2D eigenvalue weighted by atomic mass is 10.0. The first-order chi connectivity index (χ1) is 21.7. The van der Waals surface area contributed by atoms with Gasteiger partial charge in [-0.3, -0.25) is 38.6 Å². The number of aliphatic imine (C=N–C) groups is 1. The molecule has 17 nitrogen and oxygen atoms in total. The van der Waals surface area contributed by atoms with Crippen molar-refractivity contribution in [2.75, 3.05) is 25.9 Å². The standard InChI is InChI=1S/C27H39N9O8S2/c1-14(37)33-17-13-45-46-22(15-7-4-3-5-8-15)21(23(28)41)35-24(42)16(11-20(39)40)34-19(38)12-32-25(43)18(36(2)26(17)44)9-6-10-31-27(29)30/h3-5,7-8,16-18,21-22H,6,9-13H2,1-2H3,(H2,28,41)(H,32,43)(H,33,37)(H,34,38)(H,35,42)(H,39,40)(H4,29,30,31)/t16-,17-,18-,21-,22+/m0/s1. The third-order valence-corrected chi connectivity index (χ3v) is 9.41. The van der Waals surface area contributed by atoms with Gasteiger partial charge in [0, 0.05) is 26.3 Å². The Morgan fingerprint density at radius 3 is 2.33 bits per heavy atom. The van der Waals surface area contributed by atoms with E-state index in [9.17, 15) is 38.7 Å². The summed E-state index contributed by atoms with van der Waals surface area (Å²) in [5.41, 5.74) is 17.0. The molecule has 0 radical (unpaired) electrons. The van der Waals surface area contributed by atoms with Gasteiger partial charge in [0.05, 0.1) is 18.2 Å². The maximum Gasteiger partial charge on any atom is 0.305 e. The lowest BCUT2D eigenvalue weighted by Gasteiger charge is -2.31. The molecular weight excluding hydrogens is 642 g/mol. The molecule has 6 amide bonds. The fourth-order valence-electron chi connectivity index (χ4n) is 4.40. The van der Waals surface area contributed by atoms with Crippen LogP contribution >= 0.6 is 21.6 Å². The third kappa shape index (κ3) is 12.1. The molecule has 0 aromatic heterocycles. The quantitative estimate of drug-likeness (QED) is 0.0584. The second kappa shape index (κ2) is 18.4. The second-order valence-corrected chi connectivity index (χ2v) is 12.8. The molecule has 1 aromatic carbocycles. The Hall–Kier alpha value is -4.52. The molecule has 0 aliphatic carbocycles. The fourth-order valence-corrected chi connectivity index (χ4v) is 7.32. The molecule has 46 heavy (non-hydrogen) atoms. The summed E-state index contributed by atoms with van der Waals surface area (Å²) in [6.07, 6.45) is -0.497. The maximum atomic E-state index is 13.7. The molecule has 0 spiro atoms. The molecule has 1 saturated heterocycles. The van der Waals surface area contributed by atoms with Gasteiger partial charge in [-0.05, 0) is 18.4 Å². The third-order valence-electron chi connectivity index (χ3n) is 6.62. The number of benzene rings is 1. The highest BCUT2D eigenvalue weighted by atomic mass is 33.1. The molecule has 1 heterocycles. The van der Waals surface area contributed by atoms with Gasteiger partial charge in [0.15, 0.2) is 5.96 Å². The lowest BCUT2D eigenvalue weighted by Crippen LogP contribution is -2.57. The van der Waals surface area contributed by atoms with Crippen molar-refractivity contribution in [2.24, 2.45) is 22.2 Å². The Kier molecular flexibility index (Phi) is 15.1. The van der Waals surface area contributed by atoms with Crippen molar-refractivity contribution >= 4 is 69.0 Å². The molecule has 0 bridgehead atoms. The van der Waals surface area contributed by atoms with E-state index in [0.29, 0.717) is 5.56 Å². The smallest absolute Gasteiger partial charge is 0.305 e. The van der Waals surface area contributed by atoms with Crippen LogP contribution in [0.25, 0.3) is 0 Å². The Morgan fingerprint density at radius 2 is 1.74 bits per heavy atom. The van der Waals surface area contributed by atoms with Gasteiger partial charge in [-0.25, -0.2) is 0 Å². The zero-order valence-corrected chi connectivity index (χ0v) is 26.9. The number of carboxylic acids is 1. The topological polar surface area (TPSA) is 282 Å². The highest BCUT2D eigenvalue weighted by Gasteiger charge is 2.36. The van der Waals surface area contributed by atoms with E-state index >= 15 is 0 Å². The van der Waals surface area contributed by atoms with Crippen molar-refractivity contribution < 1.29 is 38.7 Å². The molecule has 0 unspecified atom stereocenters. The van der Waals surface area contributed by atoms with Gasteiger partial charge in [-0.2, -0.15) is 0 Å². The number of likely N-dealkylation sites (N-methyl/N-ethyl adjacent to an activating group) is 1. The SMILES string of the molecule is CC(=O)N[C@H]1CSS[C@H](c2ccccc2)[C@@H](C(N)=O)NC(=O)[C@H](CC(=O)O)NC(=O)CNC(=O)[C@H](CCCN=C(N)N)N(C)C1=O. The van der Waals surface area contributed by atoms with Crippen molar-refractivity contribution in [3.8, 4) is 0 Å². The van der Waals surface area contributed by atoms with Crippen LogP contribution in [0.1, 0.15) is 37.0 Å². The average molecular weight is 682 g/mol. The number of nitrogens with two attached hydrogens (primary N) is 3. The molecule has 11 N–H and O–H groups in total.